The van der Waals surface area contributed by atoms with Crippen LogP contribution >= 0.6 is 0 Å². The van der Waals surface area contributed by atoms with E-state index in [0.717, 1.165) is 95.6 Å². The summed E-state index contributed by atoms with van der Waals surface area (Å²) < 4.78 is 0. The first-order valence-corrected chi connectivity index (χ1v) is 14.0. The number of likely N-dealkylation sites (N-methyl/N-ethyl adjacent to an activating group) is 1. The molecule has 9 heteroatoms. The first kappa shape index (κ1) is 26.6. The Bertz CT molecular complexity index is 1670. The van der Waals surface area contributed by atoms with Crippen molar-refractivity contribution in [3.8, 4) is 22.8 Å². The van der Waals surface area contributed by atoms with Crippen LogP contribution in [0.1, 0.15) is 22.5 Å². The smallest absolute Gasteiger partial charge is 0.159 e. The van der Waals surface area contributed by atoms with E-state index in [9.17, 15) is 0 Å². The van der Waals surface area contributed by atoms with E-state index in [1.54, 1.807) is 0 Å². The first-order chi connectivity index (χ1) is 20.1. The number of rotatable bonds is 9. The van der Waals surface area contributed by atoms with E-state index >= 15 is 0 Å². The number of imidazole rings is 1. The molecule has 0 amide bonds. The number of aromatic nitrogens is 6. The molecule has 4 aromatic heterocycles. The summed E-state index contributed by atoms with van der Waals surface area (Å²) in [6.45, 7) is 11.5. The SMILES string of the molecule is C=C/C=C(\c1nc(-c2n[nH]c3cnc(-c4cncc(CNCc5ccccc5)c4)cc23)[nH]c1C)N1CCN(C)CC1. The van der Waals surface area contributed by atoms with Crippen molar-refractivity contribution < 1.29 is 0 Å². The second-order valence-electron chi connectivity index (χ2n) is 10.5. The number of hydrogen-bond acceptors (Lipinski definition) is 7. The zero-order chi connectivity index (χ0) is 28.2. The summed E-state index contributed by atoms with van der Waals surface area (Å²) in [6, 6.07) is 14.6. The molecule has 0 saturated carbocycles. The number of allylic oxidation sites excluding steroid dienone is 2. The monoisotopic (exact) mass is 545 g/mol. The second-order valence-corrected chi connectivity index (χ2v) is 10.5. The normalized spacial score (nSPS) is 14.6. The number of aryl methyl sites for hydroxylation is 1. The van der Waals surface area contributed by atoms with Crippen molar-refractivity contribution in [2.45, 2.75) is 20.0 Å². The molecule has 1 aliphatic rings. The lowest BCUT2D eigenvalue weighted by atomic mass is 10.1. The maximum Gasteiger partial charge on any atom is 0.159 e. The molecule has 0 bridgehead atoms. The van der Waals surface area contributed by atoms with E-state index in [4.69, 9.17) is 9.97 Å². The number of H-pyrrole nitrogens is 2. The second kappa shape index (κ2) is 11.9. The van der Waals surface area contributed by atoms with Gasteiger partial charge < -0.3 is 20.1 Å². The minimum atomic E-state index is 0.719. The van der Waals surface area contributed by atoms with Crippen LogP contribution in [0.3, 0.4) is 0 Å². The van der Waals surface area contributed by atoms with Crippen molar-refractivity contribution in [1.82, 2.24) is 45.2 Å². The summed E-state index contributed by atoms with van der Waals surface area (Å²) in [4.78, 5) is 22.4. The van der Waals surface area contributed by atoms with Gasteiger partial charge in [0.15, 0.2) is 5.82 Å². The maximum absolute atomic E-state index is 5.04. The van der Waals surface area contributed by atoms with Gasteiger partial charge in [0, 0.05) is 68.3 Å². The first-order valence-electron chi connectivity index (χ1n) is 14.0. The number of nitrogens with zero attached hydrogens (tertiary/aromatic N) is 6. The molecule has 208 valence electrons. The number of aromatic amines is 2. The van der Waals surface area contributed by atoms with Crippen LogP contribution in [0.15, 0.2) is 79.8 Å². The third-order valence-corrected chi connectivity index (χ3v) is 7.51. The van der Waals surface area contributed by atoms with Crippen LogP contribution in [0.5, 0.6) is 0 Å². The van der Waals surface area contributed by atoms with Crippen molar-refractivity contribution >= 4 is 16.6 Å². The number of pyridine rings is 2. The van der Waals surface area contributed by atoms with Gasteiger partial charge in [-0.3, -0.25) is 15.1 Å². The molecule has 5 aromatic rings. The summed E-state index contributed by atoms with van der Waals surface area (Å²) in [5.41, 5.74) is 8.78. The highest BCUT2D eigenvalue weighted by molar-refractivity contribution is 5.93. The average molecular weight is 546 g/mol. The lowest BCUT2D eigenvalue weighted by molar-refractivity contribution is 0.207. The van der Waals surface area contributed by atoms with E-state index in [1.807, 2.05) is 30.7 Å². The lowest BCUT2D eigenvalue weighted by Crippen LogP contribution is -2.43. The highest BCUT2D eigenvalue weighted by Crippen LogP contribution is 2.31. The van der Waals surface area contributed by atoms with Gasteiger partial charge in [0.25, 0.3) is 0 Å². The van der Waals surface area contributed by atoms with E-state index in [1.165, 1.54) is 5.56 Å². The molecule has 6 rings (SSSR count). The minimum absolute atomic E-state index is 0.719. The molecule has 1 aliphatic heterocycles. The highest BCUT2D eigenvalue weighted by atomic mass is 15.3. The minimum Gasteiger partial charge on any atom is -0.367 e. The molecule has 9 nitrogen and oxygen atoms in total. The summed E-state index contributed by atoms with van der Waals surface area (Å²) in [7, 11) is 2.16. The highest BCUT2D eigenvalue weighted by Gasteiger charge is 2.23. The Morgan fingerprint density at radius 1 is 1.02 bits per heavy atom. The third-order valence-electron chi connectivity index (χ3n) is 7.51. The zero-order valence-corrected chi connectivity index (χ0v) is 23.6. The van der Waals surface area contributed by atoms with E-state index in [-0.39, 0.29) is 0 Å². The van der Waals surface area contributed by atoms with Crippen molar-refractivity contribution in [3.63, 3.8) is 0 Å². The Hall–Kier alpha value is -4.60. The van der Waals surface area contributed by atoms with Gasteiger partial charge in [-0.2, -0.15) is 5.10 Å². The summed E-state index contributed by atoms with van der Waals surface area (Å²) in [5.74, 6) is 0.724. The van der Waals surface area contributed by atoms with Gasteiger partial charge in [0.1, 0.15) is 11.4 Å². The molecule has 1 aromatic carbocycles. The Labute approximate surface area is 240 Å². The van der Waals surface area contributed by atoms with Crippen molar-refractivity contribution in [2.75, 3.05) is 33.2 Å². The third kappa shape index (κ3) is 5.82. The molecular formula is C32H35N9. The Balaban J connectivity index is 1.26. The number of benzene rings is 1. The molecule has 41 heavy (non-hydrogen) atoms. The fraction of sp³-hybridized carbons (Fsp3) is 0.250. The van der Waals surface area contributed by atoms with Gasteiger partial charge in [0.05, 0.1) is 23.1 Å². The van der Waals surface area contributed by atoms with Crippen molar-refractivity contribution in [2.24, 2.45) is 0 Å². The van der Waals surface area contributed by atoms with Crippen LogP contribution in [0.2, 0.25) is 0 Å². The number of nitrogens with one attached hydrogen (secondary N) is 3. The van der Waals surface area contributed by atoms with Gasteiger partial charge in [0.2, 0.25) is 0 Å². The van der Waals surface area contributed by atoms with E-state index in [2.05, 4.69) is 98.3 Å². The van der Waals surface area contributed by atoms with Crippen LogP contribution in [-0.4, -0.2) is 73.2 Å². The van der Waals surface area contributed by atoms with Gasteiger partial charge in [-0.25, -0.2) is 4.98 Å². The molecule has 0 radical (unpaired) electrons. The molecule has 5 heterocycles. The number of hydrogen-bond donors (Lipinski definition) is 3. The fourth-order valence-electron chi connectivity index (χ4n) is 5.24. The summed E-state index contributed by atoms with van der Waals surface area (Å²) in [5, 5.41) is 12.2. The Morgan fingerprint density at radius 3 is 2.63 bits per heavy atom. The van der Waals surface area contributed by atoms with Gasteiger partial charge >= 0.3 is 0 Å². The largest absolute Gasteiger partial charge is 0.367 e. The average Bonchev–Trinajstić information content (AvgIpc) is 3.60. The maximum atomic E-state index is 5.04. The summed E-state index contributed by atoms with van der Waals surface area (Å²) in [6.07, 6.45) is 9.46. The van der Waals surface area contributed by atoms with Gasteiger partial charge in [-0.1, -0.05) is 43.0 Å². The Kier molecular flexibility index (Phi) is 7.71. The van der Waals surface area contributed by atoms with Crippen LogP contribution in [0.4, 0.5) is 0 Å². The number of fused-ring (bicyclic) bond motifs is 1. The van der Waals surface area contributed by atoms with Crippen LogP contribution < -0.4 is 5.32 Å². The van der Waals surface area contributed by atoms with Crippen molar-refractivity contribution in [3.05, 3.63) is 102 Å². The summed E-state index contributed by atoms with van der Waals surface area (Å²) >= 11 is 0. The van der Waals surface area contributed by atoms with Crippen LogP contribution in [0.25, 0.3) is 39.4 Å². The molecule has 0 spiro atoms. The predicted molar refractivity (Wildman–Crippen MR) is 164 cm³/mol. The van der Waals surface area contributed by atoms with E-state index in [0.29, 0.717) is 0 Å². The van der Waals surface area contributed by atoms with Crippen LogP contribution in [0, 0.1) is 6.92 Å². The van der Waals surface area contributed by atoms with Crippen LogP contribution in [-0.2, 0) is 13.1 Å². The quantitative estimate of drug-likeness (QED) is 0.229. The topological polar surface area (TPSA) is 102 Å². The molecule has 0 aliphatic carbocycles. The molecule has 0 unspecified atom stereocenters. The molecule has 3 N–H and O–H groups in total. The molecule has 1 saturated heterocycles. The van der Waals surface area contributed by atoms with E-state index < -0.39 is 0 Å². The zero-order valence-electron chi connectivity index (χ0n) is 23.6. The number of piperazine rings is 1. The lowest BCUT2D eigenvalue weighted by Gasteiger charge is -2.35. The molecular weight excluding hydrogens is 510 g/mol. The van der Waals surface area contributed by atoms with Gasteiger partial charge in [-0.05, 0) is 43.3 Å². The van der Waals surface area contributed by atoms with Crippen molar-refractivity contribution in [1.29, 1.82) is 0 Å². The molecule has 1 fully saturated rings. The van der Waals surface area contributed by atoms with Gasteiger partial charge in [-0.15, -0.1) is 0 Å². The predicted octanol–water partition coefficient (Wildman–Crippen LogP) is 4.78. The molecule has 0 atom stereocenters. The standard InChI is InChI=1S/C32H35N9/c1-4-8-29(41-13-11-40(3)12-14-41)30-22(2)36-32(37-30)31-26-16-27(35-21-28(26)38-39-31)25-15-24(19-34-20-25)18-33-17-23-9-6-5-7-10-23/h4-10,15-16,19-21,33H,1,11-14,17-18H2,2-3H3,(H,36,37)(H,38,39)/b29-8+. The Morgan fingerprint density at radius 2 is 1.83 bits per heavy atom. The fourth-order valence-corrected chi connectivity index (χ4v) is 5.24.